The fourth-order valence-corrected chi connectivity index (χ4v) is 1.69. The van der Waals surface area contributed by atoms with Crippen LogP contribution in [0.5, 0.6) is 0 Å². The maximum Gasteiger partial charge on any atom is 0.434 e. The number of carbonyl (C=O) groups excluding carboxylic acids is 1. The van der Waals surface area contributed by atoms with Gasteiger partial charge in [-0.1, -0.05) is 36.4 Å². The van der Waals surface area contributed by atoms with E-state index < -0.39 is 5.91 Å². The summed E-state index contributed by atoms with van der Waals surface area (Å²) in [5.41, 5.74) is 0.498. The number of carbonyl (C=O) groups is 1. The molecule has 0 bridgehead atoms. The van der Waals surface area contributed by atoms with Gasteiger partial charge in [-0.25, -0.2) is 4.79 Å². The maximum absolute atomic E-state index is 11.6. The molecule has 0 saturated heterocycles. The molecule has 0 heterocycles. The summed E-state index contributed by atoms with van der Waals surface area (Å²) in [5.74, 6) is -0.421. The lowest BCUT2D eigenvalue weighted by molar-refractivity contribution is 0.0964. The first-order chi connectivity index (χ1) is 7.20. The molecular formula is C11H7Cl2NO+. The second kappa shape index (κ2) is 4.19. The lowest BCUT2D eigenvalue weighted by Crippen LogP contribution is -2.16. The molecule has 1 amide bonds. The molecule has 0 atom stereocenters. The van der Waals surface area contributed by atoms with Gasteiger partial charge in [0.15, 0.2) is 0 Å². The zero-order chi connectivity index (χ0) is 10.8. The Balaban J connectivity index is 2.66. The zero-order valence-electron chi connectivity index (χ0n) is 7.65. The SMILES string of the molecule is O=C(c1cccc2ccccc12)[N+](Cl)Cl. The summed E-state index contributed by atoms with van der Waals surface area (Å²) in [6.45, 7) is 0. The zero-order valence-corrected chi connectivity index (χ0v) is 9.16. The van der Waals surface area contributed by atoms with Crippen LogP contribution in [0.3, 0.4) is 0 Å². The highest BCUT2D eigenvalue weighted by molar-refractivity contribution is 6.47. The number of fused-ring (bicyclic) bond motifs is 1. The minimum absolute atomic E-state index is 0.421. The van der Waals surface area contributed by atoms with E-state index in [1.54, 1.807) is 12.1 Å². The molecule has 0 N–H and O–H groups in total. The standard InChI is InChI=1S/C11H7Cl2NO/c12-14(13)11(15)10-7-3-5-8-4-1-2-6-9(8)10/h1-7H/q+1. The van der Waals surface area contributed by atoms with Crippen LogP contribution < -0.4 is 3.94 Å². The molecule has 0 aliphatic carbocycles. The van der Waals surface area contributed by atoms with Crippen LogP contribution in [0.4, 0.5) is 0 Å². The Hall–Kier alpha value is -1.09. The summed E-state index contributed by atoms with van der Waals surface area (Å²) in [5, 5.41) is 1.83. The first-order valence-electron chi connectivity index (χ1n) is 4.34. The normalized spacial score (nSPS) is 10.9. The highest BCUT2D eigenvalue weighted by Crippen LogP contribution is 2.20. The van der Waals surface area contributed by atoms with Gasteiger partial charge in [0, 0.05) is 0 Å². The van der Waals surface area contributed by atoms with E-state index in [2.05, 4.69) is 0 Å². The van der Waals surface area contributed by atoms with Crippen molar-refractivity contribution in [3.05, 3.63) is 48.0 Å². The first-order valence-corrected chi connectivity index (χ1v) is 5.01. The van der Waals surface area contributed by atoms with Gasteiger partial charge < -0.3 is 0 Å². The molecule has 0 aliphatic rings. The topological polar surface area (TPSA) is 23.0 Å². The third kappa shape index (κ3) is 1.97. The molecule has 0 fully saturated rings. The van der Waals surface area contributed by atoms with Crippen LogP contribution in [0.15, 0.2) is 42.5 Å². The van der Waals surface area contributed by atoms with Gasteiger partial charge in [0.05, 0.1) is 5.56 Å². The molecule has 0 unspecified atom stereocenters. The maximum atomic E-state index is 11.6. The van der Waals surface area contributed by atoms with Crippen LogP contribution in [0.25, 0.3) is 10.8 Å². The average molecular weight is 240 g/mol. The lowest BCUT2D eigenvalue weighted by Gasteiger charge is -2.00. The second-order valence-corrected chi connectivity index (χ2v) is 3.91. The van der Waals surface area contributed by atoms with Gasteiger partial charge in [0.1, 0.15) is 3.94 Å². The van der Waals surface area contributed by atoms with Crippen molar-refractivity contribution in [1.82, 2.24) is 3.94 Å². The summed E-state index contributed by atoms with van der Waals surface area (Å²) in [7, 11) is 0. The van der Waals surface area contributed by atoms with Crippen molar-refractivity contribution < 1.29 is 4.79 Å². The third-order valence-corrected chi connectivity index (χ3v) is 2.48. The van der Waals surface area contributed by atoms with Gasteiger partial charge in [-0.15, -0.1) is 0 Å². The van der Waals surface area contributed by atoms with Gasteiger partial charge in [0.2, 0.25) is 0 Å². The van der Waals surface area contributed by atoms with Crippen molar-refractivity contribution >= 4 is 40.2 Å². The van der Waals surface area contributed by atoms with E-state index in [0.29, 0.717) is 9.50 Å². The minimum Gasteiger partial charge on any atom is -0.216 e. The van der Waals surface area contributed by atoms with E-state index in [1.807, 2.05) is 30.3 Å². The lowest BCUT2D eigenvalue weighted by atomic mass is 10.0. The van der Waals surface area contributed by atoms with Crippen molar-refractivity contribution in [3.8, 4) is 0 Å². The summed E-state index contributed by atoms with van der Waals surface area (Å²) in [4.78, 5) is 11.6. The quantitative estimate of drug-likeness (QED) is 0.700. The Kier molecular flexibility index (Phi) is 2.91. The molecular weight excluding hydrogens is 233 g/mol. The Bertz CT molecular complexity index is 505. The average Bonchev–Trinajstić information content (AvgIpc) is 2.27. The van der Waals surface area contributed by atoms with E-state index >= 15 is 0 Å². The molecule has 2 aromatic rings. The van der Waals surface area contributed by atoms with Crippen molar-refractivity contribution in [2.45, 2.75) is 0 Å². The number of hydrogen-bond acceptors (Lipinski definition) is 1. The molecule has 15 heavy (non-hydrogen) atoms. The number of halogens is 2. The summed E-state index contributed by atoms with van der Waals surface area (Å²) < 4.78 is 0.543. The van der Waals surface area contributed by atoms with Crippen LogP contribution in [-0.2, 0) is 0 Å². The molecule has 2 rings (SSSR count). The Morgan fingerprint density at radius 3 is 2.40 bits per heavy atom. The van der Waals surface area contributed by atoms with Crippen LogP contribution in [0, 0.1) is 0 Å². The van der Waals surface area contributed by atoms with Crippen LogP contribution in [0.2, 0.25) is 0 Å². The number of benzene rings is 2. The van der Waals surface area contributed by atoms with Gasteiger partial charge in [-0.05, 0) is 16.8 Å². The molecule has 75 valence electrons. The van der Waals surface area contributed by atoms with Gasteiger partial charge in [-0.2, -0.15) is 0 Å². The first kappa shape index (κ1) is 10.4. The van der Waals surface area contributed by atoms with E-state index in [4.69, 9.17) is 23.6 Å². The number of hydrogen-bond donors (Lipinski definition) is 0. The highest BCUT2D eigenvalue weighted by atomic mass is 35.5. The molecule has 2 aromatic carbocycles. The van der Waals surface area contributed by atoms with Crippen molar-refractivity contribution in [2.75, 3.05) is 0 Å². The molecule has 2 nitrogen and oxygen atoms in total. The second-order valence-electron chi connectivity index (χ2n) is 3.06. The van der Waals surface area contributed by atoms with Crippen molar-refractivity contribution in [2.24, 2.45) is 0 Å². The van der Waals surface area contributed by atoms with Crippen LogP contribution in [-0.4, -0.2) is 5.91 Å². The molecule has 0 saturated carbocycles. The fourth-order valence-electron chi connectivity index (χ4n) is 1.50. The Morgan fingerprint density at radius 2 is 1.67 bits per heavy atom. The van der Waals surface area contributed by atoms with Crippen molar-refractivity contribution in [3.63, 3.8) is 0 Å². The van der Waals surface area contributed by atoms with Crippen LogP contribution >= 0.6 is 23.6 Å². The van der Waals surface area contributed by atoms with E-state index in [-0.39, 0.29) is 0 Å². The Labute approximate surface area is 97.2 Å². The summed E-state index contributed by atoms with van der Waals surface area (Å²) >= 11 is 10.8. The molecule has 0 spiro atoms. The number of nitrogens with zero attached hydrogens (tertiary/aromatic N) is 1. The highest BCUT2D eigenvalue weighted by Gasteiger charge is 2.27. The smallest absolute Gasteiger partial charge is 0.216 e. The third-order valence-electron chi connectivity index (χ3n) is 2.17. The van der Waals surface area contributed by atoms with E-state index in [9.17, 15) is 4.79 Å². The summed E-state index contributed by atoms with van der Waals surface area (Å²) in [6, 6.07) is 13.0. The molecule has 1 radical (unpaired) electrons. The van der Waals surface area contributed by atoms with E-state index in [1.165, 1.54) is 0 Å². The van der Waals surface area contributed by atoms with Crippen molar-refractivity contribution in [1.29, 1.82) is 0 Å². The predicted octanol–water partition coefficient (Wildman–Crippen LogP) is 3.43. The largest absolute Gasteiger partial charge is 0.434 e. The van der Waals surface area contributed by atoms with Gasteiger partial charge in [-0.3, -0.25) is 0 Å². The van der Waals surface area contributed by atoms with Gasteiger partial charge >= 0.3 is 5.91 Å². The number of rotatable bonds is 1. The van der Waals surface area contributed by atoms with Crippen LogP contribution in [0.1, 0.15) is 10.4 Å². The molecule has 0 aromatic heterocycles. The minimum atomic E-state index is -0.421. The summed E-state index contributed by atoms with van der Waals surface area (Å²) in [6.07, 6.45) is 0. The fraction of sp³-hybridized carbons (Fsp3) is 0. The Morgan fingerprint density at radius 1 is 1.00 bits per heavy atom. The van der Waals surface area contributed by atoms with Gasteiger partial charge in [0.25, 0.3) is 23.6 Å². The molecule has 4 heteroatoms. The monoisotopic (exact) mass is 239 g/mol. The van der Waals surface area contributed by atoms with E-state index in [0.717, 1.165) is 10.8 Å². The molecule has 0 aliphatic heterocycles. The number of amides is 1. The predicted molar refractivity (Wildman–Crippen MR) is 62.1 cm³/mol.